The topological polar surface area (TPSA) is 58.3 Å². The molecule has 3 aromatic carbocycles. The molecule has 0 radical (unpaired) electrons. The molecule has 4 aromatic rings. The number of aliphatic hydroxyl groups is 1. The lowest BCUT2D eigenvalue weighted by atomic mass is 9.76. The van der Waals surface area contributed by atoms with Gasteiger partial charge in [0.05, 0.1) is 11.7 Å². The lowest BCUT2D eigenvalue weighted by Crippen LogP contribution is -2.49. The standard InChI is InChI=1S/C23H17Cl2F3N2O2/c1-22(32,23(28,21(26)27)16-8-7-15(24)11-17(16)25)14-6-9-18-13(10-14)12-29-30(18)19-4-2-3-5-20(19)31/h2-12,21,31-32H,1H3. The summed E-state index contributed by atoms with van der Waals surface area (Å²) >= 11 is 11.8. The van der Waals surface area contributed by atoms with Gasteiger partial charge in [-0.15, -0.1) is 0 Å². The number of halogens is 5. The van der Waals surface area contributed by atoms with Crippen LogP contribution in [0.1, 0.15) is 18.1 Å². The first kappa shape index (κ1) is 22.5. The molecule has 4 rings (SSSR count). The van der Waals surface area contributed by atoms with Crippen molar-refractivity contribution in [3.63, 3.8) is 0 Å². The zero-order chi connectivity index (χ0) is 23.3. The molecule has 2 atom stereocenters. The molecule has 2 N–H and O–H groups in total. The van der Waals surface area contributed by atoms with Gasteiger partial charge in [0.2, 0.25) is 5.67 Å². The molecule has 0 aliphatic rings. The number of fused-ring (bicyclic) bond motifs is 1. The summed E-state index contributed by atoms with van der Waals surface area (Å²) in [4.78, 5) is 0. The Bertz CT molecular complexity index is 1310. The molecule has 0 spiro atoms. The van der Waals surface area contributed by atoms with E-state index in [9.17, 15) is 19.0 Å². The van der Waals surface area contributed by atoms with E-state index in [2.05, 4.69) is 5.10 Å². The van der Waals surface area contributed by atoms with Gasteiger partial charge in [-0.05, 0) is 48.9 Å². The maximum Gasteiger partial charge on any atom is 0.279 e. The summed E-state index contributed by atoms with van der Waals surface area (Å²) in [6, 6.07) is 14.2. The zero-order valence-corrected chi connectivity index (χ0v) is 18.1. The van der Waals surface area contributed by atoms with Crippen molar-refractivity contribution in [3.8, 4) is 11.4 Å². The second-order valence-corrected chi connectivity index (χ2v) is 8.37. The van der Waals surface area contributed by atoms with E-state index in [0.717, 1.165) is 19.1 Å². The molecule has 0 aliphatic heterocycles. The summed E-state index contributed by atoms with van der Waals surface area (Å²) in [7, 11) is 0. The Hall–Kier alpha value is -2.74. The minimum atomic E-state index is -3.60. The Kier molecular flexibility index (Phi) is 5.61. The van der Waals surface area contributed by atoms with Crippen LogP contribution >= 0.6 is 23.2 Å². The van der Waals surface area contributed by atoms with Gasteiger partial charge in [-0.2, -0.15) is 5.10 Å². The molecule has 4 nitrogen and oxygen atoms in total. The highest BCUT2D eigenvalue weighted by Crippen LogP contribution is 2.50. The van der Waals surface area contributed by atoms with Gasteiger partial charge in [-0.3, -0.25) is 0 Å². The number of para-hydroxylation sites is 2. The number of phenols is 1. The monoisotopic (exact) mass is 480 g/mol. The van der Waals surface area contributed by atoms with E-state index in [1.165, 1.54) is 41.2 Å². The summed E-state index contributed by atoms with van der Waals surface area (Å²) in [6.45, 7) is 0.971. The largest absolute Gasteiger partial charge is 0.506 e. The van der Waals surface area contributed by atoms with E-state index in [4.69, 9.17) is 23.2 Å². The fraction of sp³-hybridized carbons (Fsp3) is 0.174. The average molecular weight is 481 g/mol. The number of hydrogen-bond donors (Lipinski definition) is 2. The lowest BCUT2D eigenvalue weighted by molar-refractivity contribution is -0.175. The third-order valence-corrected chi connectivity index (χ3v) is 6.12. The van der Waals surface area contributed by atoms with Crippen LogP contribution in [0.3, 0.4) is 0 Å². The normalized spacial score (nSPS) is 15.6. The smallest absolute Gasteiger partial charge is 0.279 e. The number of phenolic OH excluding ortho intramolecular Hbond substituents is 1. The lowest BCUT2D eigenvalue weighted by Gasteiger charge is -2.39. The van der Waals surface area contributed by atoms with E-state index >= 15 is 4.39 Å². The molecule has 9 heteroatoms. The summed E-state index contributed by atoms with van der Waals surface area (Å²) in [5.41, 5.74) is -5.94. The molecular formula is C23H17Cl2F3N2O2. The van der Waals surface area contributed by atoms with Crippen molar-refractivity contribution in [1.29, 1.82) is 0 Å². The zero-order valence-electron chi connectivity index (χ0n) is 16.6. The third-order valence-electron chi connectivity index (χ3n) is 5.57. The predicted octanol–water partition coefficient (Wildman–Crippen LogP) is 6.38. The van der Waals surface area contributed by atoms with Gasteiger partial charge in [0, 0.05) is 21.0 Å². The fourth-order valence-electron chi connectivity index (χ4n) is 3.76. The molecule has 0 amide bonds. The highest BCUT2D eigenvalue weighted by Gasteiger charge is 2.58. The van der Waals surface area contributed by atoms with E-state index in [-0.39, 0.29) is 21.4 Å². The SMILES string of the molecule is CC(O)(c1ccc2c(cnn2-c2ccccc2O)c1)C(F)(c1ccc(Cl)cc1Cl)C(F)F. The Morgan fingerprint density at radius 3 is 2.41 bits per heavy atom. The van der Waals surface area contributed by atoms with Crippen LogP contribution in [0, 0.1) is 0 Å². The number of benzene rings is 3. The highest BCUT2D eigenvalue weighted by molar-refractivity contribution is 6.35. The maximum absolute atomic E-state index is 16.0. The second kappa shape index (κ2) is 7.99. The number of nitrogens with zero attached hydrogens (tertiary/aromatic N) is 2. The molecule has 2 unspecified atom stereocenters. The molecule has 0 saturated heterocycles. The van der Waals surface area contributed by atoms with Crippen molar-refractivity contribution in [1.82, 2.24) is 9.78 Å². The van der Waals surface area contributed by atoms with Crippen molar-refractivity contribution in [2.45, 2.75) is 24.6 Å². The summed E-state index contributed by atoms with van der Waals surface area (Å²) < 4.78 is 45.8. The van der Waals surface area contributed by atoms with Crippen LogP contribution < -0.4 is 0 Å². The van der Waals surface area contributed by atoms with Crippen LogP contribution in [0.25, 0.3) is 16.6 Å². The molecular weight excluding hydrogens is 464 g/mol. The molecule has 1 aromatic heterocycles. The third kappa shape index (κ3) is 3.41. The van der Waals surface area contributed by atoms with Gasteiger partial charge in [0.25, 0.3) is 6.43 Å². The van der Waals surface area contributed by atoms with Gasteiger partial charge in [-0.1, -0.05) is 47.5 Å². The van der Waals surface area contributed by atoms with E-state index in [1.54, 1.807) is 18.2 Å². The van der Waals surface area contributed by atoms with E-state index in [1.807, 2.05) is 0 Å². The number of alkyl halides is 3. The summed E-state index contributed by atoms with van der Waals surface area (Å²) in [5, 5.41) is 25.7. The quantitative estimate of drug-likeness (QED) is 0.348. The first-order chi connectivity index (χ1) is 15.1. The van der Waals surface area contributed by atoms with Crippen molar-refractivity contribution >= 4 is 34.1 Å². The minimum absolute atomic E-state index is 0.00794. The van der Waals surface area contributed by atoms with Gasteiger partial charge in [0.15, 0.2) is 0 Å². The Balaban J connectivity index is 1.85. The number of aromatic nitrogens is 2. The van der Waals surface area contributed by atoms with Crippen molar-refractivity contribution in [2.24, 2.45) is 0 Å². The average Bonchev–Trinajstić information content (AvgIpc) is 3.16. The summed E-state index contributed by atoms with van der Waals surface area (Å²) in [6.07, 6.45) is -2.17. The maximum atomic E-state index is 16.0. The Morgan fingerprint density at radius 2 is 1.75 bits per heavy atom. The first-order valence-electron chi connectivity index (χ1n) is 9.49. The van der Waals surface area contributed by atoms with Crippen LogP contribution in [0.15, 0.2) is 66.9 Å². The van der Waals surface area contributed by atoms with Crippen molar-refractivity contribution in [2.75, 3.05) is 0 Å². The first-order valence-corrected chi connectivity index (χ1v) is 10.2. The van der Waals surface area contributed by atoms with Crippen LogP contribution in [0.2, 0.25) is 10.0 Å². The number of hydrogen-bond acceptors (Lipinski definition) is 3. The van der Waals surface area contributed by atoms with E-state index < -0.39 is 23.3 Å². The van der Waals surface area contributed by atoms with Crippen molar-refractivity contribution in [3.05, 3.63) is 88.0 Å². The Labute approximate surface area is 191 Å². The number of rotatable bonds is 5. The fourth-order valence-corrected chi connectivity index (χ4v) is 4.30. The van der Waals surface area contributed by atoms with Crippen LogP contribution in [-0.2, 0) is 11.3 Å². The van der Waals surface area contributed by atoms with Gasteiger partial charge < -0.3 is 10.2 Å². The summed E-state index contributed by atoms with van der Waals surface area (Å²) in [5.74, 6) is -0.00794. The molecule has 32 heavy (non-hydrogen) atoms. The second-order valence-electron chi connectivity index (χ2n) is 7.53. The molecule has 0 fully saturated rings. The van der Waals surface area contributed by atoms with Gasteiger partial charge >= 0.3 is 0 Å². The van der Waals surface area contributed by atoms with Crippen molar-refractivity contribution < 1.29 is 23.4 Å². The molecule has 166 valence electrons. The highest BCUT2D eigenvalue weighted by atomic mass is 35.5. The van der Waals surface area contributed by atoms with Crippen LogP contribution in [0.5, 0.6) is 5.75 Å². The van der Waals surface area contributed by atoms with Crippen LogP contribution in [0.4, 0.5) is 13.2 Å². The predicted molar refractivity (Wildman–Crippen MR) is 118 cm³/mol. The molecule has 0 aliphatic carbocycles. The van der Waals surface area contributed by atoms with E-state index in [0.29, 0.717) is 16.6 Å². The number of aromatic hydroxyl groups is 1. The van der Waals surface area contributed by atoms with Crippen LogP contribution in [-0.4, -0.2) is 26.4 Å². The van der Waals surface area contributed by atoms with Gasteiger partial charge in [-0.25, -0.2) is 17.9 Å². The minimum Gasteiger partial charge on any atom is -0.506 e. The molecule has 0 saturated carbocycles. The molecule has 1 heterocycles. The Morgan fingerprint density at radius 1 is 1.03 bits per heavy atom. The van der Waals surface area contributed by atoms with Gasteiger partial charge in [0.1, 0.15) is 17.0 Å². The molecule has 0 bridgehead atoms.